The van der Waals surface area contributed by atoms with Crippen molar-refractivity contribution in [3.05, 3.63) is 60.4 Å². The lowest BCUT2D eigenvalue weighted by Crippen LogP contribution is -2.26. The van der Waals surface area contributed by atoms with E-state index >= 15 is 0 Å². The number of hydrogen-bond donors (Lipinski definition) is 1. The van der Waals surface area contributed by atoms with E-state index in [1.54, 1.807) is 18.3 Å². The molecule has 0 saturated carbocycles. The van der Waals surface area contributed by atoms with Crippen molar-refractivity contribution in [2.75, 3.05) is 0 Å². The van der Waals surface area contributed by atoms with Crippen LogP contribution in [0.15, 0.2) is 48.7 Å². The van der Waals surface area contributed by atoms with Gasteiger partial charge in [-0.15, -0.1) is 0 Å². The van der Waals surface area contributed by atoms with Crippen LogP contribution in [-0.4, -0.2) is 10.6 Å². The standard InChI is InChI=1S/C12H11N2O/c15-12(14-8-4-5-9-14)13-10-11-6-2-1-3-7-11/h1-8H,10H2,(H,13,15). The van der Waals surface area contributed by atoms with Crippen molar-refractivity contribution in [1.29, 1.82) is 0 Å². The molecule has 3 heteroatoms. The molecule has 0 saturated heterocycles. The van der Waals surface area contributed by atoms with Gasteiger partial charge in [-0.1, -0.05) is 30.3 Å². The first-order chi connectivity index (χ1) is 7.36. The van der Waals surface area contributed by atoms with Gasteiger partial charge in [-0.05, 0) is 17.7 Å². The molecule has 0 unspecified atom stereocenters. The second-order valence-corrected chi connectivity index (χ2v) is 3.15. The molecule has 0 aliphatic rings. The molecule has 0 spiro atoms. The quantitative estimate of drug-likeness (QED) is 0.789. The number of nitrogens with one attached hydrogen (secondary N) is 1. The van der Waals surface area contributed by atoms with Gasteiger partial charge in [0.1, 0.15) is 0 Å². The Morgan fingerprint density at radius 3 is 2.73 bits per heavy atom. The number of carbonyl (C=O) groups is 1. The smallest absolute Gasteiger partial charge is 0.326 e. The Bertz CT molecular complexity index is 420. The maximum absolute atomic E-state index is 11.5. The molecule has 1 aromatic heterocycles. The predicted octanol–water partition coefficient (Wildman–Crippen LogP) is 2.05. The van der Waals surface area contributed by atoms with E-state index in [-0.39, 0.29) is 6.03 Å². The first-order valence-electron chi connectivity index (χ1n) is 4.73. The molecule has 1 N–H and O–H groups in total. The summed E-state index contributed by atoms with van der Waals surface area (Å²) in [6.07, 6.45) is 4.44. The van der Waals surface area contributed by atoms with Crippen molar-refractivity contribution in [3.63, 3.8) is 0 Å². The molecule has 1 amide bonds. The lowest BCUT2D eigenvalue weighted by atomic mass is 10.2. The molecule has 2 aromatic rings. The Morgan fingerprint density at radius 1 is 1.27 bits per heavy atom. The second kappa shape index (κ2) is 4.46. The third-order valence-corrected chi connectivity index (χ3v) is 2.05. The Kier molecular flexibility index (Phi) is 2.83. The van der Waals surface area contributed by atoms with Gasteiger partial charge >= 0.3 is 6.03 Å². The number of rotatable bonds is 2. The summed E-state index contributed by atoms with van der Waals surface area (Å²) >= 11 is 0. The summed E-state index contributed by atoms with van der Waals surface area (Å²) in [5, 5.41) is 2.79. The van der Waals surface area contributed by atoms with Crippen molar-refractivity contribution in [3.8, 4) is 0 Å². The third-order valence-electron chi connectivity index (χ3n) is 2.05. The van der Waals surface area contributed by atoms with Gasteiger partial charge < -0.3 is 5.32 Å². The van der Waals surface area contributed by atoms with Crippen molar-refractivity contribution in [1.82, 2.24) is 9.88 Å². The highest BCUT2D eigenvalue weighted by atomic mass is 16.2. The molecule has 1 heterocycles. The summed E-state index contributed by atoms with van der Waals surface area (Å²) in [4.78, 5) is 11.5. The minimum Gasteiger partial charge on any atom is -0.333 e. The monoisotopic (exact) mass is 199 g/mol. The molecule has 1 aromatic carbocycles. The van der Waals surface area contributed by atoms with Crippen molar-refractivity contribution in [2.45, 2.75) is 6.54 Å². The van der Waals surface area contributed by atoms with E-state index in [1.165, 1.54) is 4.57 Å². The van der Waals surface area contributed by atoms with E-state index in [2.05, 4.69) is 11.5 Å². The summed E-state index contributed by atoms with van der Waals surface area (Å²) in [6.45, 7) is 0.533. The van der Waals surface area contributed by atoms with Crippen molar-refractivity contribution < 1.29 is 4.79 Å². The van der Waals surface area contributed by atoms with Crippen molar-refractivity contribution >= 4 is 6.03 Å². The SMILES string of the molecule is O=C(NCc1ccccc1)n1[c]ccc1. The van der Waals surface area contributed by atoms with Gasteiger partial charge in [-0.25, -0.2) is 4.79 Å². The normalized spacial score (nSPS) is 9.87. The Balaban J connectivity index is 1.92. The molecule has 2 rings (SSSR count). The first kappa shape index (κ1) is 9.52. The van der Waals surface area contributed by atoms with Gasteiger partial charge in [0.25, 0.3) is 0 Å². The predicted molar refractivity (Wildman–Crippen MR) is 57.3 cm³/mol. The molecule has 0 bridgehead atoms. The van der Waals surface area contributed by atoms with E-state index in [4.69, 9.17) is 0 Å². The van der Waals surface area contributed by atoms with Crippen LogP contribution < -0.4 is 5.32 Å². The van der Waals surface area contributed by atoms with Crippen LogP contribution in [0, 0.1) is 6.20 Å². The van der Waals surface area contributed by atoms with Crippen molar-refractivity contribution in [2.24, 2.45) is 0 Å². The molecule has 0 aliphatic heterocycles. The first-order valence-corrected chi connectivity index (χ1v) is 4.73. The van der Waals surface area contributed by atoms with Gasteiger partial charge in [-0.2, -0.15) is 0 Å². The average Bonchev–Trinajstić information content (AvgIpc) is 2.81. The number of hydrogen-bond acceptors (Lipinski definition) is 1. The number of nitrogens with zero attached hydrogens (tertiary/aromatic N) is 1. The Labute approximate surface area is 88.3 Å². The van der Waals surface area contributed by atoms with E-state index < -0.39 is 0 Å². The minimum atomic E-state index is -0.163. The third kappa shape index (κ3) is 2.47. The summed E-state index contributed by atoms with van der Waals surface area (Å²) in [5.41, 5.74) is 1.08. The van der Waals surface area contributed by atoms with Gasteiger partial charge in [-0.3, -0.25) is 4.57 Å². The maximum Gasteiger partial charge on any atom is 0.326 e. The summed E-state index contributed by atoms with van der Waals surface area (Å²) in [7, 11) is 0. The zero-order valence-corrected chi connectivity index (χ0v) is 8.18. The fourth-order valence-electron chi connectivity index (χ4n) is 1.28. The molecule has 0 aliphatic carbocycles. The zero-order chi connectivity index (χ0) is 10.5. The molecule has 75 valence electrons. The van der Waals surface area contributed by atoms with Gasteiger partial charge in [0.15, 0.2) is 0 Å². The molecule has 0 fully saturated rings. The average molecular weight is 199 g/mol. The van der Waals surface area contributed by atoms with Crippen LogP contribution in [0.2, 0.25) is 0 Å². The van der Waals surface area contributed by atoms with Crippen LogP contribution in [0.3, 0.4) is 0 Å². The Hall–Kier alpha value is -2.03. The van der Waals surface area contributed by atoms with Crippen LogP contribution >= 0.6 is 0 Å². The number of aromatic nitrogens is 1. The molecule has 3 nitrogen and oxygen atoms in total. The topological polar surface area (TPSA) is 34.0 Å². The molecule has 15 heavy (non-hydrogen) atoms. The number of benzene rings is 1. The van der Waals surface area contributed by atoms with Gasteiger partial charge in [0.05, 0.1) is 6.20 Å². The molecular weight excluding hydrogens is 188 g/mol. The van der Waals surface area contributed by atoms with Gasteiger partial charge in [0, 0.05) is 12.7 Å². The molecule has 1 radical (unpaired) electrons. The fraction of sp³-hybridized carbons (Fsp3) is 0.0833. The highest BCUT2D eigenvalue weighted by Crippen LogP contribution is 1.97. The van der Waals surface area contributed by atoms with E-state index in [1.807, 2.05) is 30.3 Å². The summed E-state index contributed by atoms with van der Waals surface area (Å²) in [6, 6.07) is 13.1. The van der Waals surface area contributed by atoms with E-state index in [0.29, 0.717) is 6.54 Å². The maximum atomic E-state index is 11.5. The van der Waals surface area contributed by atoms with E-state index in [9.17, 15) is 4.79 Å². The Morgan fingerprint density at radius 2 is 2.07 bits per heavy atom. The number of carbonyl (C=O) groups excluding carboxylic acids is 1. The highest BCUT2D eigenvalue weighted by molar-refractivity contribution is 5.76. The van der Waals surface area contributed by atoms with E-state index in [0.717, 1.165) is 5.56 Å². The van der Waals surface area contributed by atoms with Crippen LogP contribution in [0.25, 0.3) is 0 Å². The fourth-order valence-corrected chi connectivity index (χ4v) is 1.28. The zero-order valence-electron chi connectivity index (χ0n) is 8.18. The lowest BCUT2D eigenvalue weighted by Gasteiger charge is -2.04. The van der Waals surface area contributed by atoms with Crippen LogP contribution in [0.1, 0.15) is 5.56 Å². The van der Waals surface area contributed by atoms with Crippen LogP contribution in [-0.2, 0) is 6.54 Å². The summed E-state index contributed by atoms with van der Waals surface area (Å²) < 4.78 is 1.39. The minimum absolute atomic E-state index is 0.163. The summed E-state index contributed by atoms with van der Waals surface area (Å²) in [5.74, 6) is 0. The van der Waals surface area contributed by atoms with Crippen LogP contribution in [0.5, 0.6) is 0 Å². The largest absolute Gasteiger partial charge is 0.333 e. The van der Waals surface area contributed by atoms with Crippen LogP contribution in [0.4, 0.5) is 4.79 Å². The molecule has 0 atom stereocenters. The highest BCUT2D eigenvalue weighted by Gasteiger charge is 2.01. The lowest BCUT2D eigenvalue weighted by molar-refractivity contribution is 0.242. The second-order valence-electron chi connectivity index (χ2n) is 3.15. The number of amides is 1. The molecular formula is C12H11N2O. The van der Waals surface area contributed by atoms with Gasteiger partial charge in [0.2, 0.25) is 0 Å².